The number of carboxylic acids is 1. The highest BCUT2D eigenvalue weighted by molar-refractivity contribution is 5.79. The first-order chi connectivity index (χ1) is 4.58. The fourth-order valence-corrected chi connectivity index (χ4v) is 1.31. The second-order valence-electron chi connectivity index (χ2n) is 2.97. The topological polar surface area (TPSA) is 89.3 Å². The number of nitrogens with two attached hydrogens (primary N) is 2. The molecule has 4 heteroatoms. The lowest BCUT2D eigenvalue weighted by atomic mass is 9.69. The summed E-state index contributed by atoms with van der Waals surface area (Å²) < 4.78 is 0. The van der Waals surface area contributed by atoms with Gasteiger partial charge in [-0.25, -0.2) is 0 Å². The zero-order chi connectivity index (χ0) is 7.78. The van der Waals surface area contributed by atoms with Crippen LogP contribution in [0.25, 0.3) is 0 Å². The summed E-state index contributed by atoms with van der Waals surface area (Å²) in [6.45, 7) is 0.548. The Labute approximate surface area is 59.2 Å². The van der Waals surface area contributed by atoms with E-state index in [2.05, 4.69) is 0 Å². The van der Waals surface area contributed by atoms with Crippen molar-refractivity contribution < 1.29 is 9.90 Å². The molecule has 0 atom stereocenters. The second-order valence-corrected chi connectivity index (χ2v) is 2.97. The van der Waals surface area contributed by atoms with Crippen LogP contribution < -0.4 is 11.5 Å². The van der Waals surface area contributed by atoms with E-state index < -0.39 is 11.5 Å². The minimum absolute atomic E-state index is 0.320. The number of hydrogen-bond acceptors (Lipinski definition) is 3. The lowest BCUT2D eigenvalue weighted by Gasteiger charge is -2.40. The Balaban J connectivity index is 2.42. The first-order valence-electron chi connectivity index (χ1n) is 3.31. The Morgan fingerprint density at radius 3 is 2.50 bits per heavy atom. The molecule has 1 fully saturated rings. The SMILES string of the molecule is NCC1CC(N)(C(=O)O)C1. The van der Waals surface area contributed by atoms with E-state index in [1.807, 2.05) is 0 Å². The van der Waals surface area contributed by atoms with Crippen molar-refractivity contribution in [3.05, 3.63) is 0 Å². The van der Waals surface area contributed by atoms with Crippen LogP contribution in [0, 0.1) is 5.92 Å². The summed E-state index contributed by atoms with van der Waals surface area (Å²) in [6, 6.07) is 0. The summed E-state index contributed by atoms with van der Waals surface area (Å²) >= 11 is 0. The van der Waals surface area contributed by atoms with Crippen LogP contribution in [0.2, 0.25) is 0 Å². The second kappa shape index (κ2) is 2.21. The Hall–Kier alpha value is -0.610. The first-order valence-corrected chi connectivity index (χ1v) is 3.31. The van der Waals surface area contributed by atoms with E-state index in [-0.39, 0.29) is 0 Å². The van der Waals surface area contributed by atoms with Crippen LogP contribution >= 0.6 is 0 Å². The molecular formula is C6H12N2O2. The monoisotopic (exact) mass is 144 g/mol. The molecule has 0 radical (unpaired) electrons. The third-order valence-electron chi connectivity index (χ3n) is 2.07. The summed E-state index contributed by atoms with van der Waals surface area (Å²) in [6.07, 6.45) is 1.05. The summed E-state index contributed by atoms with van der Waals surface area (Å²) in [5.74, 6) is -0.585. The molecule has 0 bridgehead atoms. The van der Waals surface area contributed by atoms with Gasteiger partial charge in [-0.3, -0.25) is 4.79 Å². The Morgan fingerprint density at radius 1 is 1.70 bits per heavy atom. The predicted octanol–water partition coefficient (Wildman–Crippen LogP) is -0.863. The molecule has 4 nitrogen and oxygen atoms in total. The van der Waals surface area contributed by atoms with Crippen molar-refractivity contribution >= 4 is 5.97 Å². The van der Waals surface area contributed by atoms with Crippen LogP contribution in [-0.2, 0) is 4.79 Å². The largest absolute Gasteiger partial charge is 0.480 e. The fraction of sp³-hybridized carbons (Fsp3) is 0.833. The van der Waals surface area contributed by atoms with Gasteiger partial charge in [0.05, 0.1) is 0 Å². The Bertz CT molecular complexity index is 152. The maximum atomic E-state index is 10.4. The Morgan fingerprint density at radius 2 is 2.20 bits per heavy atom. The van der Waals surface area contributed by atoms with Gasteiger partial charge in [-0.15, -0.1) is 0 Å². The fourth-order valence-electron chi connectivity index (χ4n) is 1.31. The summed E-state index contributed by atoms with van der Waals surface area (Å²) in [5, 5.41) is 8.54. The van der Waals surface area contributed by atoms with Crippen molar-refractivity contribution in [2.45, 2.75) is 18.4 Å². The van der Waals surface area contributed by atoms with Gasteiger partial charge >= 0.3 is 5.97 Å². The van der Waals surface area contributed by atoms with Crippen molar-refractivity contribution in [1.29, 1.82) is 0 Å². The van der Waals surface area contributed by atoms with E-state index in [0.717, 1.165) is 0 Å². The average Bonchev–Trinajstić information content (AvgIpc) is 1.80. The van der Waals surface area contributed by atoms with Crippen LogP contribution in [0.15, 0.2) is 0 Å². The van der Waals surface area contributed by atoms with Crippen molar-refractivity contribution in [1.82, 2.24) is 0 Å². The zero-order valence-electron chi connectivity index (χ0n) is 5.71. The predicted molar refractivity (Wildman–Crippen MR) is 36.3 cm³/mol. The molecule has 58 valence electrons. The van der Waals surface area contributed by atoms with Crippen LogP contribution in [0.1, 0.15) is 12.8 Å². The van der Waals surface area contributed by atoms with Crippen molar-refractivity contribution in [2.75, 3.05) is 6.54 Å². The summed E-state index contributed by atoms with van der Waals surface area (Å²) in [7, 11) is 0. The van der Waals surface area contributed by atoms with E-state index in [4.69, 9.17) is 16.6 Å². The number of carboxylic acid groups (broad SMARTS) is 1. The number of rotatable bonds is 2. The molecule has 1 saturated carbocycles. The van der Waals surface area contributed by atoms with Crippen LogP contribution in [0.5, 0.6) is 0 Å². The lowest BCUT2D eigenvalue weighted by molar-refractivity contribution is -0.148. The molecule has 0 aliphatic heterocycles. The molecule has 0 amide bonds. The van der Waals surface area contributed by atoms with Crippen molar-refractivity contribution in [3.8, 4) is 0 Å². The normalized spacial score (nSPS) is 38.8. The Kier molecular flexibility index (Phi) is 1.66. The van der Waals surface area contributed by atoms with E-state index in [1.165, 1.54) is 0 Å². The third-order valence-corrected chi connectivity index (χ3v) is 2.07. The molecular weight excluding hydrogens is 132 g/mol. The average molecular weight is 144 g/mol. The van der Waals surface area contributed by atoms with Gasteiger partial charge in [0, 0.05) is 0 Å². The van der Waals surface area contributed by atoms with Gasteiger partial charge in [0.25, 0.3) is 0 Å². The maximum absolute atomic E-state index is 10.4. The van der Waals surface area contributed by atoms with Gasteiger partial charge in [-0.1, -0.05) is 0 Å². The van der Waals surface area contributed by atoms with Gasteiger partial charge in [-0.05, 0) is 25.3 Å². The van der Waals surface area contributed by atoms with E-state index in [0.29, 0.717) is 25.3 Å². The highest BCUT2D eigenvalue weighted by Gasteiger charge is 2.46. The molecule has 0 saturated heterocycles. The van der Waals surface area contributed by atoms with Gasteiger partial charge < -0.3 is 16.6 Å². The number of aliphatic carboxylic acids is 1. The zero-order valence-corrected chi connectivity index (χ0v) is 5.71. The van der Waals surface area contributed by atoms with Crippen molar-refractivity contribution in [2.24, 2.45) is 17.4 Å². The molecule has 1 aliphatic carbocycles. The van der Waals surface area contributed by atoms with Crippen molar-refractivity contribution in [3.63, 3.8) is 0 Å². The number of carbonyl (C=O) groups is 1. The smallest absolute Gasteiger partial charge is 0.323 e. The maximum Gasteiger partial charge on any atom is 0.323 e. The number of hydrogen-bond donors (Lipinski definition) is 3. The quantitative estimate of drug-likeness (QED) is 0.470. The minimum atomic E-state index is -0.968. The molecule has 0 heterocycles. The van der Waals surface area contributed by atoms with E-state index in [9.17, 15) is 4.79 Å². The molecule has 0 spiro atoms. The molecule has 1 aliphatic rings. The molecule has 0 aromatic heterocycles. The first kappa shape index (κ1) is 7.50. The molecule has 10 heavy (non-hydrogen) atoms. The summed E-state index contributed by atoms with van der Waals surface area (Å²) in [4.78, 5) is 10.4. The highest BCUT2D eigenvalue weighted by atomic mass is 16.4. The highest BCUT2D eigenvalue weighted by Crippen LogP contribution is 2.34. The standard InChI is InChI=1S/C6H12N2O2/c7-3-4-1-6(8,2-4)5(9)10/h4H,1-3,7-8H2,(H,9,10). The molecule has 5 N–H and O–H groups in total. The van der Waals surface area contributed by atoms with E-state index in [1.54, 1.807) is 0 Å². The van der Waals surface area contributed by atoms with Gasteiger partial charge in [0.1, 0.15) is 5.54 Å². The van der Waals surface area contributed by atoms with Gasteiger partial charge in [-0.2, -0.15) is 0 Å². The van der Waals surface area contributed by atoms with Crippen LogP contribution in [-0.4, -0.2) is 23.2 Å². The summed E-state index contributed by atoms with van der Waals surface area (Å²) in [5.41, 5.74) is 9.79. The minimum Gasteiger partial charge on any atom is -0.480 e. The molecule has 0 aromatic carbocycles. The molecule has 0 aromatic rings. The van der Waals surface area contributed by atoms with Gasteiger partial charge in [0.15, 0.2) is 0 Å². The molecule has 1 rings (SSSR count). The lowest BCUT2D eigenvalue weighted by Crippen LogP contribution is -2.59. The van der Waals surface area contributed by atoms with Gasteiger partial charge in [0.2, 0.25) is 0 Å². The van der Waals surface area contributed by atoms with Crippen LogP contribution in [0.3, 0.4) is 0 Å². The third kappa shape index (κ3) is 0.998. The van der Waals surface area contributed by atoms with E-state index >= 15 is 0 Å². The van der Waals surface area contributed by atoms with Crippen LogP contribution in [0.4, 0.5) is 0 Å². The molecule has 0 unspecified atom stereocenters.